The van der Waals surface area contributed by atoms with Crippen molar-refractivity contribution in [3.8, 4) is 0 Å². The number of aromatic nitrogens is 2. The number of nitrogens with zero attached hydrogens (tertiary/aromatic N) is 4. The molecule has 4 heterocycles. The number of benzene rings is 1. The lowest BCUT2D eigenvalue weighted by Gasteiger charge is -2.37. The zero-order valence-corrected chi connectivity index (χ0v) is 25.1. The second-order valence-corrected chi connectivity index (χ2v) is 12.5. The van der Waals surface area contributed by atoms with Crippen molar-refractivity contribution >= 4 is 34.1 Å². The number of piperidine rings is 1. The Morgan fingerprint density at radius 3 is 2.64 bits per heavy atom. The highest BCUT2D eigenvalue weighted by Crippen LogP contribution is 2.32. The summed E-state index contributed by atoms with van der Waals surface area (Å²) in [5, 5.41) is 15.6. The normalized spacial score (nSPS) is 21.3. The molecule has 2 aliphatic heterocycles. The third-order valence-corrected chi connectivity index (χ3v) is 8.01. The van der Waals surface area contributed by atoms with E-state index in [9.17, 15) is 0 Å². The number of aliphatic imine (C=N–C) groups is 1. The summed E-state index contributed by atoms with van der Waals surface area (Å²) < 4.78 is 0. The van der Waals surface area contributed by atoms with Gasteiger partial charge >= 0.3 is 0 Å². The highest BCUT2D eigenvalue weighted by atomic mass is 15.2. The van der Waals surface area contributed by atoms with Crippen LogP contribution in [0.4, 0.5) is 11.5 Å². The van der Waals surface area contributed by atoms with Crippen molar-refractivity contribution in [3.63, 3.8) is 0 Å². The molecule has 218 valence electrons. The Kier molecular flexibility index (Phi) is 7.98. The van der Waals surface area contributed by atoms with Gasteiger partial charge in [-0.3, -0.25) is 4.98 Å². The van der Waals surface area contributed by atoms with Crippen LogP contribution in [0.5, 0.6) is 0 Å². The molecule has 1 saturated heterocycles. The minimum atomic E-state index is 0.123. The number of allylic oxidation sites excluding steroid dienone is 1. The van der Waals surface area contributed by atoms with E-state index in [4.69, 9.17) is 4.98 Å². The van der Waals surface area contributed by atoms with E-state index >= 15 is 0 Å². The van der Waals surface area contributed by atoms with E-state index in [2.05, 4.69) is 125 Å². The first kappa shape index (κ1) is 28.0. The number of pyridine rings is 2. The SMILES string of the molecule is CC1C=C(Nc2cc(N3CCC(NC(C)(C)C)CC3)c3ccccc3n2)C=CC1NC1=NCC=C(c2cccnc2)N1. The molecule has 0 bridgehead atoms. The molecule has 42 heavy (non-hydrogen) atoms. The lowest BCUT2D eigenvalue weighted by Crippen LogP contribution is -2.49. The molecule has 1 fully saturated rings. The maximum atomic E-state index is 4.98. The summed E-state index contributed by atoms with van der Waals surface area (Å²) in [4.78, 5) is 16.4. The molecule has 6 rings (SSSR count). The fourth-order valence-corrected chi connectivity index (χ4v) is 5.99. The molecule has 0 radical (unpaired) electrons. The average Bonchev–Trinajstić information content (AvgIpc) is 2.98. The highest BCUT2D eigenvalue weighted by molar-refractivity contribution is 5.94. The number of anilines is 2. The molecule has 2 atom stereocenters. The van der Waals surface area contributed by atoms with Crippen molar-refractivity contribution in [2.45, 2.75) is 58.2 Å². The zero-order chi connectivity index (χ0) is 29.1. The zero-order valence-electron chi connectivity index (χ0n) is 25.1. The van der Waals surface area contributed by atoms with Crippen LogP contribution in [0.1, 0.15) is 46.1 Å². The fraction of sp³-hybridized carbons (Fsp3) is 0.382. The van der Waals surface area contributed by atoms with Gasteiger partial charge in [-0.15, -0.1) is 0 Å². The summed E-state index contributed by atoms with van der Waals surface area (Å²) in [5.74, 6) is 1.91. The van der Waals surface area contributed by atoms with Gasteiger partial charge in [0.2, 0.25) is 0 Å². The molecule has 3 aliphatic rings. The average molecular weight is 563 g/mol. The van der Waals surface area contributed by atoms with E-state index in [1.165, 1.54) is 11.1 Å². The van der Waals surface area contributed by atoms with Crippen molar-refractivity contribution in [3.05, 3.63) is 90.4 Å². The standard InChI is InChI=1S/C34H42N8/c1-23-20-26(11-12-28(23)39-33-36-17-13-29(40-33)24-8-7-16-35-22-24)37-32-21-31(27-9-5-6-10-30(27)38-32)42-18-14-25(15-19-42)41-34(2,3)4/h5-13,16,20-23,25,28,41H,14-15,17-19H2,1-4H3,(H,37,38)(H2,36,39,40). The van der Waals surface area contributed by atoms with Crippen molar-refractivity contribution in [2.75, 3.05) is 29.9 Å². The molecule has 4 N–H and O–H groups in total. The van der Waals surface area contributed by atoms with Crippen LogP contribution in [0, 0.1) is 5.92 Å². The lowest BCUT2D eigenvalue weighted by molar-refractivity contribution is 0.317. The molecule has 2 aromatic heterocycles. The Balaban J connectivity index is 1.12. The molecule has 1 aromatic carbocycles. The number of nitrogens with one attached hydrogen (secondary N) is 4. The lowest BCUT2D eigenvalue weighted by atomic mass is 9.95. The Labute approximate surface area is 249 Å². The van der Waals surface area contributed by atoms with Crippen molar-refractivity contribution in [2.24, 2.45) is 10.9 Å². The summed E-state index contributed by atoms with van der Waals surface area (Å²) in [7, 11) is 0. The van der Waals surface area contributed by atoms with Crippen molar-refractivity contribution in [1.82, 2.24) is 25.9 Å². The van der Waals surface area contributed by atoms with Crippen LogP contribution in [-0.2, 0) is 0 Å². The van der Waals surface area contributed by atoms with E-state index in [1.54, 1.807) is 6.20 Å². The minimum absolute atomic E-state index is 0.123. The fourth-order valence-electron chi connectivity index (χ4n) is 5.99. The largest absolute Gasteiger partial charge is 0.371 e. The molecule has 0 saturated carbocycles. The molecule has 8 heteroatoms. The van der Waals surface area contributed by atoms with Crippen LogP contribution >= 0.6 is 0 Å². The summed E-state index contributed by atoms with van der Waals surface area (Å²) in [6.07, 6.45) is 14.6. The molecular weight excluding hydrogens is 520 g/mol. The van der Waals surface area contributed by atoms with Gasteiger partial charge in [-0.1, -0.05) is 37.3 Å². The van der Waals surface area contributed by atoms with Crippen molar-refractivity contribution in [1.29, 1.82) is 0 Å². The number of hydrogen-bond acceptors (Lipinski definition) is 8. The molecular formula is C34H42N8. The third kappa shape index (κ3) is 6.65. The Bertz CT molecular complexity index is 1520. The summed E-state index contributed by atoms with van der Waals surface area (Å²) in [5.41, 5.74) is 5.54. The van der Waals surface area contributed by atoms with Crippen LogP contribution in [0.15, 0.2) is 89.9 Å². The topological polar surface area (TPSA) is 89.5 Å². The van der Waals surface area contributed by atoms with Crippen LogP contribution in [-0.4, -0.2) is 53.2 Å². The Hall–Kier alpha value is -4.17. The van der Waals surface area contributed by atoms with Gasteiger partial charge in [0.25, 0.3) is 0 Å². The van der Waals surface area contributed by atoms with E-state index < -0.39 is 0 Å². The summed E-state index contributed by atoms with van der Waals surface area (Å²) in [6.45, 7) is 11.7. The number of rotatable bonds is 6. The van der Waals surface area contributed by atoms with Crippen LogP contribution in [0.3, 0.4) is 0 Å². The van der Waals surface area contributed by atoms with Gasteiger partial charge in [-0.2, -0.15) is 0 Å². The van der Waals surface area contributed by atoms with E-state index in [-0.39, 0.29) is 17.5 Å². The second kappa shape index (κ2) is 12.0. The monoisotopic (exact) mass is 562 g/mol. The predicted octanol–water partition coefficient (Wildman–Crippen LogP) is 5.45. The summed E-state index contributed by atoms with van der Waals surface area (Å²) in [6, 6.07) is 15.4. The molecule has 8 nitrogen and oxygen atoms in total. The quantitative estimate of drug-likeness (QED) is 0.318. The highest BCUT2D eigenvalue weighted by Gasteiger charge is 2.25. The van der Waals surface area contributed by atoms with Gasteiger partial charge < -0.3 is 26.2 Å². The Morgan fingerprint density at radius 1 is 1.05 bits per heavy atom. The van der Waals surface area contributed by atoms with Gasteiger partial charge in [0.15, 0.2) is 5.96 Å². The van der Waals surface area contributed by atoms with Gasteiger partial charge in [-0.05, 0) is 64.0 Å². The second-order valence-electron chi connectivity index (χ2n) is 12.5. The van der Waals surface area contributed by atoms with Crippen LogP contribution in [0.2, 0.25) is 0 Å². The van der Waals surface area contributed by atoms with Crippen molar-refractivity contribution < 1.29 is 0 Å². The smallest absolute Gasteiger partial charge is 0.196 e. The number of hydrogen-bond donors (Lipinski definition) is 4. The first-order valence-electron chi connectivity index (χ1n) is 15.1. The third-order valence-electron chi connectivity index (χ3n) is 8.01. The molecule has 0 amide bonds. The molecule has 2 unspecified atom stereocenters. The Morgan fingerprint density at radius 2 is 1.88 bits per heavy atom. The maximum Gasteiger partial charge on any atom is 0.196 e. The van der Waals surface area contributed by atoms with E-state index in [0.29, 0.717) is 12.6 Å². The molecule has 1 aliphatic carbocycles. The van der Waals surface area contributed by atoms with Gasteiger partial charge in [0.05, 0.1) is 18.1 Å². The first-order chi connectivity index (χ1) is 20.3. The molecule has 0 spiro atoms. The van der Waals surface area contributed by atoms with E-state index in [0.717, 1.165) is 60.2 Å². The number of fused-ring (bicyclic) bond motifs is 1. The van der Waals surface area contributed by atoms with Gasteiger partial charge in [0.1, 0.15) is 5.82 Å². The van der Waals surface area contributed by atoms with Crippen LogP contribution < -0.4 is 26.2 Å². The predicted molar refractivity (Wildman–Crippen MR) is 174 cm³/mol. The van der Waals surface area contributed by atoms with Crippen LogP contribution in [0.25, 0.3) is 16.6 Å². The minimum Gasteiger partial charge on any atom is -0.371 e. The van der Waals surface area contributed by atoms with Gasteiger partial charge in [-0.25, -0.2) is 9.98 Å². The van der Waals surface area contributed by atoms with E-state index in [1.807, 2.05) is 12.3 Å². The first-order valence-corrected chi connectivity index (χ1v) is 15.1. The van der Waals surface area contributed by atoms with Gasteiger partial charge in [0, 0.05) is 77.1 Å². The molecule has 3 aromatic rings. The maximum absolute atomic E-state index is 4.98. The number of guanidine groups is 1. The number of para-hydroxylation sites is 1. The summed E-state index contributed by atoms with van der Waals surface area (Å²) >= 11 is 0.